The molecule has 0 aliphatic heterocycles. The second kappa shape index (κ2) is 6.44. The van der Waals surface area contributed by atoms with Gasteiger partial charge >= 0.3 is 0 Å². The second-order valence-electron chi connectivity index (χ2n) is 4.24. The van der Waals surface area contributed by atoms with Gasteiger partial charge in [-0.3, -0.25) is 9.36 Å². The molecule has 2 heterocycles. The van der Waals surface area contributed by atoms with Crippen molar-refractivity contribution < 1.29 is 0 Å². The molecule has 0 aromatic carbocycles. The first-order valence-corrected chi connectivity index (χ1v) is 5.94. The normalized spacial score (nSPS) is 10.2. The van der Waals surface area contributed by atoms with Crippen molar-refractivity contribution in [1.82, 2.24) is 19.6 Å². The summed E-state index contributed by atoms with van der Waals surface area (Å²) in [6.45, 7) is 5.96. The molecular formula is C12H20ClN5. The first-order chi connectivity index (χ1) is 8.20. The van der Waals surface area contributed by atoms with E-state index < -0.39 is 0 Å². The van der Waals surface area contributed by atoms with Gasteiger partial charge in [-0.25, -0.2) is 0 Å². The first-order valence-electron chi connectivity index (χ1n) is 5.94. The maximum Gasteiger partial charge on any atom is 0.0729 e. The van der Waals surface area contributed by atoms with Crippen molar-refractivity contribution in [1.29, 1.82) is 0 Å². The van der Waals surface area contributed by atoms with Gasteiger partial charge in [0.05, 0.1) is 30.3 Å². The van der Waals surface area contributed by atoms with Crippen LogP contribution in [0, 0.1) is 6.92 Å². The number of rotatable bonds is 5. The van der Waals surface area contributed by atoms with Crippen molar-refractivity contribution in [2.45, 2.75) is 33.4 Å². The molecule has 0 atom stereocenters. The van der Waals surface area contributed by atoms with E-state index in [2.05, 4.69) is 29.4 Å². The molecule has 18 heavy (non-hydrogen) atoms. The number of aryl methyl sites for hydroxylation is 3. The fourth-order valence-electron chi connectivity index (χ4n) is 1.82. The van der Waals surface area contributed by atoms with Crippen molar-refractivity contribution in [3.8, 4) is 0 Å². The molecule has 2 rings (SSSR count). The maximum absolute atomic E-state index is 4.28. The summed E-state index contributed by atoms with van der Waals surface area (Å²) in [7, 11) is 1.96. The third-order valence-electron chi connectivity index (χ3n) is 2.82. The van der Waals surface area contributed by atoms with Crippen LogP contribution in [0.3, 0.4) is 0 Å². The Hall–Kier alpha value is -1.49. The van der Waals surface area contributed by atoms with Gasteiger partial charge in [0.2, 0.25) is 0 Å². The van der Waals surface area contributed by atoms with Gasteiger partial charge in [-0.1, -0.05) is 6.92 Å². The summed E-state index contributed by atoms with van der Waals surface area (Å²) in [5, 5.41) is 11.9. The Morgan fingerprint density at radius 1 is 1.28 bits per heavy atom. The zero-order chi connectivity index (χ0) is 12.3. The van der Waals surface area contributed by atoms with Gasteiger partial charge in [-0.2, -0.15) is 10.2 Å². The summed E-state index contributed by atoms with van der Waals surface area (Å²) in [5.41, 5.74) is 3.47. The largest absolute Gasteiger partial charge is 0.377 e. The Balaban J connectivity index is 0.00000162. The minimum absolute atomic E-state index is 0. The number of anilines is 1. The molecule has 2 aromatic heterocycles. The lowest BCUT2D eigenvalue weighted by atomic mass is 10.3. The highest BCUT2D eigenvalue weighted by molar-refractivity contribution is 5.85. The van der Waals surface area contributed by atoms with Crippen molar-refractivity contribution in [3.63, 3.8) is 0 Å². The van der Waals surface area contributed by atoms with Gasteiger partial charge in [0, 0.05) is 19.8 Å². The SMILES string of the molecule is CCCn1cc(NCc2c(C)cnn2C)cn1.Cl. The monoisotopic (exact) mass is 269 g/mol. The van der Waals surface area contributed by atoms with Crippen LogP contribution in [0.2, 0.25) is 0 Å². The van der Waals surface area contributed by atoms with Gasteiger partial charge < -0.3 is 5.32 Å². The van der Waals surface area contributed by atoms with Crippen LogP contribution in [-0.2, 0) is 20.1 Å². The lowest BCUT2D eigenvalue weighted by Gasteiger charge is -2.05. The van der Waals surface area contributed by atoms with Crippen LogP contribution in [0.1, 0.15) is 24.6 Å². The summed E-state index contributed by atoms with van der Waals surface area (Å²) in [5.74, 6) is 0. The van der Waals surface area contributed by atoms with Gasteiger partial charge in [0.25, 0.3) is 0 Å². The molecule has 1 N–H and O–H groups in total. The van der Waals surface area contributed by atoms with E-state index in [1.165, 1.54) is 11.3 Å². The third kappa shape index (κ3) is 3.26. The van der Waals surface area contributed by atoms with E-state index >= 15 is 0 Å². The molecule has 0 amide bonds. The molecule has 100 valence electrons. The Morgan fingerprint density at radius 2 is 2.06 bits per heavy atom. The minimum atomic E-state index is 0. The maximum atomic E-state index is 4.28. The first kappa shape index (κ1) is 14.6. The molecule has 5 nitrogen and oxygen atoms in total. The van der Waals surface area contributed by atoms with E-state index in [1.54, 1.807) is 0 Å². The predicted octanol–water partition coefficient (Wildman–Crippen LogP) is 2.37. The molecular weight excluding hydrogens is 250 g/mol. The van der Waals surface area contributed by atoms with Crippen molar-refractivity contribution in [2.24, 2.45) is 7.05 Å². The third-order valence-corrected chi connectivity index (χ3v) is 2.82. The minimum Gasteiger partial charge on any atom is -0.377 e. The Bertz CT molecular complexity index is 469. The highest BCUT2D eigenvalue weighted by atomic mass is 35.5. The smallest absolute Gasteiger partial charge is 0.0729 e. The number of hydrogen-bond donors (Lipinski definition) is 1. The number of aromatic nitrogens is 4. The van der Waals surface area contributed by atoms with Crippen LogP contribution in [-0.4, -0.2) is 19.6 Å². The zero-order valence-electron chi connectivity index (χ0n) is 11.1. The van der Waals surface area contributed by atoms with E-state index in [4.69, 9.17) is 0 Å². The van der Waals surface area contributed by atoms with E-state index in [9.17, 15) is 0 Å². The van der Waals surface area contributed by atoms with Crippen molar-refractivity contribution >= 4 is 18.1 Å². The molecule has 0 aliphatic carbocycles. The highest BCUT2D eigenvalue weighted by Gasteiger charge is 2.04. The lowest BCUT2D eigenvalue weighted by molar-refractivity contribution is 0.603. The lowest BCUT2D eigenvalue weighted by Crippen LogP contribution is -2.06. The van der Waals surface area contributed by atoms with E-state index in [0.717, 1.165) is 25.2 Å². The standard InChI is InChI=1S/C12H19N5.ClH/c1-4-5-17-9-11(7-15-17)13-8-12-10(2)6-14-16(12)3;/h6-7,9,13H,4-5,8H2,1-3H3;1H. The molecule has 0 saturated heterocycles. The highest BCUT2D eigenvalue weighted by Crippen LogP contribution is 2.10. The Morgan fingerprint density at radius 3 is 2.67 bits per heavy atom. The summed E-state index contributed by atoms with van der Waals surface area (Å²) >= 11 is 0. The molecule has 0 radical (unpaired) electrons. The molecule has 0 fully saturated rings. The van der Waals surface area contributed by atoms with Crippen LogP contribution in [0.4, 0.5) is 5.69 Å². The molecule has 0 bridgehead atoms. The van der Waals surface area contributed by atoms with Gasteiger partial charge in [-0.05, 0) is 18.9 Å². The van der Waals surface area contributed by atoms with Crippen molar-refractivity contribution in [2.75, 3.05) is 5.32 Å². The summed E-state index contributed by atoms with van der Waals surface area (Å²) in [6, 6.07) is 0. The number of nitrogens with one attached hydrogen (secondary N) is 1. The Kier molecular flexibility index (Phi) is 5.22. The number of halogens is 1. The van der Waals surface area contributed by atoms with Crippen LogP contribution >= 0.6 is 12.4 Å². The van der Waals surface area contributed by atoms with Gasteiger partial charge in [0.15, 0.2) is 0 Å². The average Bonchev–Trinajstić information content (AvgIpc) is 2.86. The van der Waals surface area contributed by atoms with Gasteiger partial charge in [0.1, 0.15) is 0 Å². The number of hydrogen-bond acceptors (Lipinski definition) is 3. The quantitative estimate of drug-likeness (QED) is 0.907. The molecule has 0 spiro atoms. The van der Waals surface area contributed by atoms with E-state index in [0.29, 0.717) is 0 Å². The van der Waals surface area contributed by atoms with Crippen LogP contribution in [0.5, 0.6) is 0 Å². The van der Waals surface area contributed by atoms with Crippen LogP contribution < -0.4 is 5.32 Å². The fourth-order valence-corrected chi connectivity index (χ4v) is 1.82. The second-order valence-corrected chi connectivity index (χ2v) is 4.24. The van der Waals surface area contributed by atoms with E-state index in [1.807, 2.05) is 35.0 Å². The van der Waals surface area contributed by atoms with Crippen LogP contribution in [0.15, 0.2) is 18.6 Å². The average molecular weight is 270 g/mol. The zero-order valence-corrected chi connectivity index (χ0v) is 11.9. The summed E-state index contributed by atoms with van der Waals surface area (Å²) in [6.07, 6.45) is 6.88. The van der Waals surface area contributed by atoms with Gasteiger partial charge in [-0.15, -0.1) is 12.4 Å². The molecule has 0 saturated carbocycles. The van der Waals surface area contributed by atoms with E-state index in [-0.39, 0.29) is 12.4 Å². The molecule has 2 aromatic rings. The predicted molar refractivity (Wildman–Crippen MR) is 75.0 cm³/mol. The topological polar surface area (TPSA) is 47.7 Å². The Labute approximate surface area is 114 Å². The summed E-state index contributed by atoms with van der Waals surface area (Å²) in [4.78, 5) is 0. The summed E-state index contributed by atoms with van der Waals surface area (Å²) < 4.78 is 3.86. The fraction of sp³-hybridized carbons (Fsp3) is 0.500. The van der Waals surface area contributed by atoms with Crippen molar-refractivity contribution in [3.05, 3.63) is 29.8 Å². The molecule has 6 heteroatoms. The number of nitrogens with zero attached hydrogens (tertiary/aromatic N) is 4. The molecule has 0 aliphatic rings. The van der Waals surface area contributed by atoms with Crippen LogP contribution in [0.25, 0.3) is 0 Å². The molecule has 0 unspecified atom stereocenters.